The number of alkyl halides is 3. The fourth-order valence-electron chi connectivity index (χ4n) is 2.27. The van der Waals surface area contributed by atoms with Crippen LogP contribution in [0.5, 0.6) is 5.88 Å². The Labute approximate surface area is 153 Å². The summed E-state index contributed by atoms with van der Waals surface area (Å²) in [5.74, 6) is -0.530. The van der Waals surface area contributed by atoms with E-state index in [1.807, 2.05) is 6.92 Å². The third-order valence-electron chi connectivity index (χ3n) is 4.07. The number of rotatable bonds is 3. The number of amides is 1. The quantitative estimate of drug-likeness (QED) is 0.562. The van der Waals surface area contributed by atoms with E-state index in [1.165, 1.54) is 6.07 Å². The van der Waals surface area contributed by atoms with Crippen LogP contribution in [0.25, 0.3) is 0 Å². The zero-order valence-corrected chi connectivity index (χ0v) is 14.3. The van der Waals surface area contributed by atoms with Crippen LogP contribution in [0.2, 0.25) is 0 Å². The summed E-state index contributed by atoms with van der Waals surface area (Å²) in [6.07, 6.45) is -2.70. The number of carbonyl (C=O) groups excluding carboxylic acids is 1. The molecule has 1 fully saturated rings. The molecule has 0 atom stereocenters. The summed E-state index contributed by atoms with van der Waals surface area (Å²) in [6, 6.07) is 8.37. The molecule has 6 nitrogen and oxygen atoms in total. The second-order valence-corrected chi connectivity index (χ2v) is 6.53. The van der Waals surface area contributed by atoms with E-state index in [4.69, 9.17) is 0 Å². The van der Waals surface area contributed by atoms with E-state index < -0.39 is 17.6 Å². The third kappa shape index (κ3) is 4.96. The topological polar surface area (TPSA) is 86.6 Å². The molecule has 2 aromatic rings. The molecule has 1 heterocycles. The Morgan fingerprint density at radius 3 is 2.41 bits per heavy atom. The summed E-state index contributed by atoms with van der Waals surface area (Å²) < 4.78 is 37.9. The molecule has 0 unspecified atom stereocenters. The Morgan fingerprint density at radius 2 is 1.85 bits per heavy atom. The molecule has 0 radical (unpaired) electrons. The molecular weight excluding hydrogens is 361 g/mol. The van der Waals surface area contributed by atoms with Crippen molar-refractivity contribution in [3.63, 3.8) is 0 Å². The van der Waals surface area contributed by atoms with E-state index in [0.29, 0.717) is 0 Å². The molecule has 9 heteroatoms. The largest absolute Gasteiger partial charge is 0.493 e. The number of benzene rings is 1. The SMILES string of the molecule is CC1(N/C(=N\C(=O)c2ccc(C(F)(F)F)cc2)Nc2cccc(O)n2)CC1. The van der Waals surface area contributed by atoms with Crippen LogP contribution < -0.4 is 10.6 Å². The average molecular weight is 378 g/mol. The van der Waals surface area contributed by atoms with Crippen molar-refractivity contribution in [3.05, 3.63) is 53.6 Å². The number of guanidine groups is 1. The van der Waals surface area contributed by atoms with Crippen LogP contribution in [0.15, 0.2) is 47.5 Å². The molecule has 3 N–H and O–H groups in total. The molecule has 1 aliphatic rings. The monoisotopic (exact) mass is 378 g/mol. The maximum atomic E-state index is 12.6. The van der Waals surface area contributed by atoms with Crippen LogP contribution in [0, 0.1) is 0 Å². The van der Waals surface area contributed by atoms with Crippen LogP contribution in [-0.4, -0.2) is 27.5 Å². The van der Waals surface area contributed by atoms with Crippen molar-refractivity contribution in [2.75, 3.05) is 5.32 Å². The first kappa shape index (κ1) is 18.7. The Hall–Kier alpha value is -3.10. The van der Waals surface area contributed by atoms with Gasteiger partial charge >= 0.3 is 6.18 Å². The van der Waals surface area contributed by atoms with Crippen molar-refractivity contribution in [1.82, 2.24) is 10.3 Å². The summed E-state index contributed by atoms with van der Waals surface area (Å²) in [5.41, 5.74) is -1.04. The molecular formula is C18H17F3N4O2. The molecule has 0 aliphatic heterocycles. The Kier molecular flexibility index (Phi) is 4.77. The van der Waals surface area contributed by atoms with Gasteiger partial charge in [-0.3, -0.25) is 4.79 Å². The molecule has 1 aromatic carbocycles. The highest BCUT2D eigenvalue weighted by Gasteiger charge is 2.38. The van der Waals surface area contributed by atoms with Crippen molar-refractivity contribution < 1.29 is 23.1 Å². The van der Waals surface area contributed by atoms with E-state index in [2.05, 4.69) is 20.6 Å². The van der Waals surface area contributed by atoms with Gasteiger partial charge in [0.2, 0.25) is 11.8 Å². The highest BCUT2D eigenvalue weighted by atomic mass is 19.4. The lowest BCUT2D eigenvalue weighted by Gasteiger charge is -2.16. The van der Waals surface area contributed by atoms with Gasteiger partial charge in [0.15, 0.2) is 0 Å². The molecule has 1 aliphatic carbocycles. The predicted octanol–water partition coefficient (Wildman–Crippen LogP) is 3.56. The molecule has 1 aromatic heterocycles. The fraction of sp³-hybridized carbons (Fsp3) is 0.278. The van der Waals surface area contributed by atoms with Crippen LogP contribution in [0.3, 0.4) is 0 Å². The Balaban J connectivity index is 1.82. The number of carbonyl (C=O) groups is 1. The highest BCUT2D eigenvalue weighted by molar-refractivity contribution is 6.06. The lowest BCUT2D eigenvalue weighted by molar-refractivity contribution is -0.137. The van der Waals surface area contributed by atoms with Crippen LogP contribution >= 0.6 is 0 Å². The van der Waals surface area contributed by atoms with Gasteiger partial charge in [-0.15, -0.1) is 0 Å². The van der Waals surface area contributed by atoms with Gasteiger partial charge in [-0.05, 0) is 50.1 Å². The van der Waals surface area contributed by atoms with E-state index in [9.17, 15) is 23.1 Å². The number of aromatic hydroxyl groups is 1. The summed E-state index contributed by atoms with van der Waals surface area (Å²) >= 11 is 0. The number of anilines is 1. The number of halogens is 3. The maximum Gasteiger partial charge on any atom is 0.416 e. The lowest BCUT2D eigenvalue weighted by Crippen LogP contribution is -2.39. The van der Waals surface area contributed by atoms with Crippen molar-refractivity contribution in [1.29, 1.82) is 0 Å². The maximum absolute atomic E-state index is 12.6. The van der Waals surface area contributed by atoms with Crippen molar-refractivity contribution >= 4 is 17.7 Å². The van der Waals surface area contributed by atoms with Crippen molar-refractivity contribution in [3.8, 4) is 5.88 Å². The lowest BCUT2D eigenvalue weighted by atomic mass is 10.1. The van der Waals surface area contributed by atoms with Gasteiger partial charge in [-0.2, -0.15) is 23.1 Å². The number of hydrogen-bond donors (Lipinski definition) is 3. The number of nitrogens with one attached hydrogen (secondary N) is 2. The minimum Gasteiger partial charge on any atom is -0.493 e. The number of nitrogens with zero attached hydrogens (tertiary/aromatic N) is 2. The predicted molar refractivity (Wildman–Crippen MR) is 93.5 cm³/mol. The first-order chi connectivity index (χ1) is 12.6. The first-order valence-corrected chi connectivity index (χ1v) is 8.16. The standard InChI is InChI=1S/C18H17F3N4O2/c1-17(9-10-17)25-16(23-13-3-2-4-14(26)22-13)24-15(27)11-5-7-12(8-6-11)18(19,20)21/h2-8H,9-10H2,1H3,(H3,22,23,24,25,26,27). The Morgan fingerprint density at radius 1 is 1.19 bits per heavy atom. The van der Waals surface area contributed by atoms with Crippen LogP contribution in [0.4, 0.5) is 19.0 Å². The second-order valence-electron chi connectivity index (χ2n) is 6.53. The third-order valence-corrected chi connectivity index (χ3v) is 4.07. The molecule has 1 amide bonds. The van der Waals surface area contributed by atoms with Crippen molar-refractivity contribution in [2.24, 2.45) is 4.99 Å². The van der Waals surface area contributed by atoms with Gasteiger partial charge in [0.1, 0.15) is 5.82 Å². The summed E-state index contributed by atoms with van der Waals surface area (Å²) in [7, 11) is 0. The van der Waals surface area contributed by atoms with Gasteiger partial charge in [-0.1, -0.05) is 6.07 Å². The van der Waals surface area contributed by atoms with E-state index >= 15 is 0 Å². The number of aromatic nitrogens is 1. The van der Waals surface area contributed by atoms with Crippen LogP contribution in [0.1, 0.15) is 35.7 Å². The average Bonchev–Trinajstić information content (AvgIpc) is 3.31. The first-order valence-electron chi connectivity index (χ1n) is 8.16. The fourth-order valence-corrected chi connectivity index (χ4v) is 2.27. The van der Waals surface area contributed by atoms with Gasteiger partial charge in [0, 0.05) is 17.2 Å². The second kappa shape index (κ2) is 6.90. The van der Waals surface area contributed by atoms with E-state index in [1.54, 1.807) is 12.1 Å². The molecule has 0 saturated heterocycles. The summed E-state index contributed by atoms with van der Waals surface area (Å²) in [6.45, 7) is 1.95. The van der Waals surface area contributed by atoms with E-state index in [-0.39, 0.29) is 28.8 Å². The molecule has 142 valence electrons. The zero-order valence-electron chi connectivity index (χ0n) is 14.3. The molecule has 3 rings (SSSR count). The highest BCUT2D eigenvalue weighted by Crippen LogP contribution is 2.34. The minimum atomic E-state index is -4.47. The van der Waals surface area contributed by atoms with Crippen molar-refractivity contribution in [2.45, 2.75) is 31.5 Å². The smallest absolute Gasteiger partial charge is 0.416 e. The zero-order chi connectivity index (χ0) is 19.7. The Bertz CT molecular complexity index is 875. The summed E-state index contributed by atoms with van der Waals surface area (Å²) in [5, 5.41) is 15.4. The number of hydrogen-bond acceptors (Lipinski definition) is 3. The van der Waals surface area contributed by atoms with Gasteiger partial charge < -0.3 is 15.7 Å². The normalized spacial score (nSPS) is 15.9. The van der Waals surface area contributed by atoms with E-state index in [0.717, 1.165) is 37.1 Å². The van der Waals surface area contributed by atoms with Gasteiger partial charge in [0.05, 0.1) is 5.56 Å². The number of pyridine rings is 1. The van der Waals surface area contributed by atoms with Crippen LogP contribution in [-0.2, 0) is 6.18 Å². The molecule has 0 bridgehead atoms. The summed E-state index contributed by atoms with van der Waals surface area (Å²) in [4.78, 5) is 20.2. The minimum absolute atomic E-state index is 0.0221. The molecule has 27 heavy (non-hydrogen) atoms. The van der Waals surface area contributed by atoms with Gasteiger partial charge in [0.25, 0.3) is 5.91 Å². The number of aliphatic imine (C=N–C) groups is 1. The molecule has 0 spiro atoms. The molecule has 1 saturated carbocycles. The van der Waals surface area contributed by atoms with Gasteiger partial charge in [-0.25, -0.2) is 0 Å².